The summed E-state index contributed by atoms with van der Waals surface area (Å²) in [6, 6.07) is -1.88. The summed E-state index contributed by atoms with van der Waals surface area (Å²) in [5.41, 5.74) is -0.928. The van der Waals surface area contributed by atoms with E-state index < -0.39 is 30.0 Å². The average Bonchev–Trinajstić information content (AvgIpc) is 2.32. The number of alkyl halides is 3. The van der Waals surface area contributed by atoms with Crippen molar-refractivity contribution in [3.63, 3.8) is 0 Å². The molecule has 0 bridgehead atoms. The molecule has 9 heteroatoms. The summed E-state index contributed by atoms with van der Waals surface area (Å²) >= 11 is 0.890. The Kier molecular flexibility index (Phi) is 5.67. The molecular weight excluding hydrogens is 283 g/mol. The molecule has 0 aromatic rings. The first-order valence-electron chi connectivity index (χ1n) is 5.44. The van der Waals surface area contributed by atoms with E-state index in [-0.39, 0.29) is 18.2 Å². The maximum atomic E-state index is 12.5. The normalized spacial score (nSPS) is 23.6. The molecule has 1 fully saturated rings. The molecule has 2 unspecified atom stereocenters. The summed E-state index contributed by atoms with van der Waals surface area (Å²) in [6.45, 7) is 3.70. The molecule has 19 heavy (non-hydrogen) atoms. The molecule has 1 rings (SSSR count). The fourth-order valence-corrected chi connectivity index (χ4v) is 2.27. The number of nitrogens with one attached hydrogen (secondary N) is 3. The molecule has 0 aromatic heterocycles. The summed E-state index contributed by atoms with van der Waals surface area (Å²) in [4.78, 5) is 22.4. The van der Waals surface area contributed by atoms with Crippen LogP contribution >= 0.6 is 11.8 Å². The lowest BCUT2D eigenvalue weighted by atomic mass is 10.1. The van der Waals surface area contributed by atoms with Crippen molar-refractivity contribution in [3.8, 4) is 0 Å². The van der Waals surface area contributed by atoms with Gasteiger partial charge in [-0.1, -0.05) is 6.08 Å². The van der Waals surface area contributed by atoms with E-state index in [1.807, 2.05) is 0 Å². The highest BCUT2D eigenvalue weighted by Gasteiger charge is 2.44. The van der Waals surface area contributed by atoms with Crippen LogP contribution in [0.3, 0.4) is 0 Å². The van der Waals surface area contributed by atoms with Gasteiger partial charge in [-0.2, -0.15) is 13.2 Å². The predicted molar refractivity (Wildman–Crippen MR) is 65.2 cm³/mol. The van der Waals surface area contributed by atoms with Gasteiger partial charge in [-0.25, -0.2) is 0 Å². The number of thioether (sulfide) groups is 1. The monoisotopic (exact) mass is 297 g/mol. The number of hydrogen-bond donors (Lipinski definition) is 3. The van der Waals surface area contributed by atoms with Gasteiger partial charge in [-0.15, -0.1) is 18.3 Å². The van der Waals surface area contributed by atoms with Crippen molar-refractivity contribution in [3.05, 3.63) is 12.7 Å². The lowest BCUT2D eigenvalue weighted by molar-refractivity contribution is -0.167. The second-order valence-corrected chi connectivity index (χ2v) is 4.91. The molecule has 0 saturated carbocycles. The van der Waals surface area contributed by atoms with Gasteiger partial charge < -0.3 is 10.6 Å². The molecule has 5 nitrogen and oxygen atoms in total. The van der Waals surface area contributed by atoms with Crippen LogP contribution in [0, 0.1) is 0 Å². The SMILES string of the molecule is C=CCNC(=O)CSC1NC(=O)CC(C(F)(F)F)N1. The van der Waals surface area contributed by atoms with Gasteiger partial charge >= 0.3 is 6.18 Å². The maximum absolute atomic E-state index is 12.5. The fraction of sp³-hybridized carbons (Fsp3) is 0.600. The van der Waals surface area contributed by atoms with Gasteiger partial charge in [-0.3, -0.25) is 14.9 Å². The summed E-state index contributed by atoms with van der Waals surface area (Å²) in [5.74, 6) is -1.09. The highest BCUT2D eigenvalue weighted by molar-refractivity contribution is 8.00. The van der Waals surface area contributed by atoms with E-state index in [1.54, 1.807) is 0 Å². The Morgan fingerprint density at radius 1 is 1.58 bits per heavy atom. The fourth-order valence-electron chi connectivity index (χ4n) is 1.37. The quantitative estimate of drug-likeness (QED) is 0.640. The van der Waals surface area contributed by atoms with E-state index in [0.29, 0.717) is 0 Å². The molecule has 1 heterocycles. The first kappa shape index (κ1) is 15.8. The van der Waals surface area contributed by atoms with E-state index in [1.165, 1.54) is 6.08 Å². The Morgan fingerprint density at radius 2 is 2.26 bits per heavy atom. The number of halogens is 3. The van der Waals surface area contributed by atoms with Crippen molar-refractivity contribution in [2.24, 2.45) is 0 Å². The molecule has 3 N–H and O–H groups in total. The molecule has 0 aliphatic carbocycles. The Balaban J connectivity index is 2.43. The lowest BCUT2D eigenvalue weighted by Gasteiger charge is -2.32. The smallest absolute Gasteiger partial charge is 0.352 e. The standard InChI is InChI=1S/C10H14F3N3O2S/c1-2-3-14-8(18)5-19-9-15-6(10(11,12)13)4-7(17)16-9/h2,6,9,15H,1,3-5H2,(H,14,18)(H,16,17). The predicted octanol–water partition coefficient (Wildman–Crippen LogP) is 0.346. The maximum Gasteiger partial charge on any atom is 0.404 e. The summed E-state index contributed by atoms with van der Waals surface area (Å²) in [7, 11) is 0. The van der Waals surface area contributed by atoms with Crippen LogP contribution in [0.5, 0.6) is 0 Å². The Labute approximate surface area is 112 Å². The number of carbonyl (C=O) groups is 2. The summed E-state index contributed by atoms with van der Waals surface area (Å²) < 4.78 is 37.5. The zero-order valence-electron chi connectivity index (χ0n) is 9.92. The second-order valence-electron chi connectivity index (χ2n) is 3.82. The molecule has 1 aliphatic rings. The third-order valence-corrected chi connectivity index (χ3v) is 3.27. The van der Waals surface area contributed by atoms with E-state index in [9.17, 15) is 22.8 Å². The minimum Gasteiger partial charge on any atom is -0.352 e. The van der Waals surface area contributed by atoms with Crippen molar-refractivity contribution in [1.82, 2.24) is 16.0 Å². The van der Waals surface area contributed by atoms with Gasteiger partial charge in [0.2, 0.25) is 11.8 Å². The van der Waals surface area contributed by atoms with Crippen molar-refractivity contribution in [2.75, 3.05) is 12.3 Å². The molecule has 2 atom stereocenters. The van der Waals surface area contributed by atoms with Gasteiger partial charge in [0, 0.05) is 6.54 Å². The minimum absolute atomic E-state index is 0.0592. The molecule has 0 aromatic carbocycles. The molecule has 0 radical (unpaired) electrons. The van der Waals surface area contributed by atoms with Crippen LogP contribution in [-0.4, -0.2) is 41.8 Å². The first-order chi connectivity index (χ1) is 8.82. The summed E-state index contributed by atoms with van der Waals surface area (Å²) in [5, 5.41) is 7.07. The van der Waals surface area contributed by atoms with Crippen molar-refractivity contribution >= 4 is 23.6 Å². The Hall–Kier alpha value is -1.22. The van der Waals surface area contributed by atoms with E-state index >= 15 is 0 Å². The summed E-state index contributed by atoms with van der Waals surface area (Å²) in [6.07, 6.45) is -3.65. The number of hydrogen-bond acceptors (Lipinski definition) is 4. The zero-order valence-corrected chi connectivity index (χ0v) is 10.7. The number of rotatable bonds is 5. The van der Waals surface area contributed by atoms with Gasteiger partial charge in [0.05, 0.1) is 12.2 Å². The van der Waals surface area contributed by atoms with Crippen LogP contribution in [0.15, 0.2) is 12.7 Å². The average molecular weight is 297 g/mol. The third-order valence-electron chi connectivity index (χ3n) is 2.25. The lowest BCUT2D eigenvalue weighted by Crippen LogP contribution is -2.59. The van der Waals surface area contributed by atoms with Crippen LogP contribution in [0.2, 0.25) is 0 Å². The topological polar surface area (TPSA) is 70.2 Å². The van der Waals surface area contributed by atoms with Crippen molar-refractivity contribution in [2.45, 2.75) is 24.1 Å². The van der Waals surface area contributed by atoms with Crippen LogP contribution in [-0.2, 0) is 9.59 Å². The highest BCUT2D eigenvalue weighted by Crippen LogP contribution is 2.26. The Morgan fingerprint density at radius 3 is 2.84 bits per heavy atom. The van der Waals surface area contributed by atoms with Crippen molar-refractivity contribution in [1.29, 1.82) is 0 Å². The molecule has 1 aliphatic heterocycles. The molecule has 1 saturated heterocycles. The van der Waals surface area contributed by atoms with E-state index in [2.05, 4.69) is 22.5 Å². The van der Waals surface area contributed by atoms with Gasteiger partial charge in [0.1, 0.15) is 11.5 Å². The van der Waals surface area contributed by atoms with Crippen LogP contribution in [0.1, 0.15) is 6.42 Å². The molecule has 0 spiro atoms. The van der Waals surface area contributed by atoms with Gasteiger partial charge in [0.25, 0.3) is 0 Å². The Bertz CT molecular complexity index is 362. The van der Waals surface area contributed by atoms with Crippen molar-refractivity contribution < 1.29 is 22.8 Å². The largest absolute Gasteiger partial charge is 0.404 e. The molecular formula is C10H14F3N3O2S. The third kappa shape index (κ3) is 5.52. The van der Waals surface area contributed by atoms with Gasteiger partial charge in [-0.05, 0) is 0 Å². The number of amides is 2. The van der Waals surface area contributed by atoms with Crippen LogP contribution < -0.4 is 16.0 Å². The second kappa shape index (κ2) is 6.80. The van der Waals surface area contributed by atoms with Crippen LogP contribution in [0.25, 0.3) is 0 Å². The number of carbonyl (C=O) groups excluding carboxylic acids is 2. The highest BCUT2D eigenvalue weighted by atomic mass is 32.2. The van der Waals surface area contributed by atoms with E-state index in [4.69, 9.17) is 0 Å². The van der Waals surface area contributed by atoms with E-state index in [0.717, 1.165) is 11.8 Å². The zero-order chi connectivity index (χ0) is 14.5. The minimum atomic E-state index is -4.48. The van der Waals surface area contributed by atoms with Crippen LogP contribution in [0.4, 0.5) is 13.2 Å². The molecule has 108 valence electrons. The first-order valence-corrected chi connectivity index (χ1v) is 6.49. The van der Waals surface area contributed by atoms with Gasteiger partial charge in [0.15, 0.2) is 0 Å². The molecule has 2 amide bonds.